The first-order chi connectivity index (χ1) is 15.4. The molecular formula is C23H25N3O5S. The van der Waals surface area contributed by atoms with Crippen molar-refractivity contribution < 1.29 is 23.8 Å². The maximum Gasteiger partial charge on any atom is 0.269 e. The fourth-order valence-electron chi connectivity index (χ4n) is 2.75. The zero-order valence-corrected chi connectivity index (χ0v) is 19.1. The molecule has 0 radical (unpaired) electrons. The van der Waals surface area contributed by atoms with Crippen LogP contribution < -0.4 is 25.1 Å². The van der Waals surface area contributed by atoms with E-state index in [1.165, 1.54) is 7.11 Å². The molecule has 168 valence electrons. The third-order valence-corrected chi connectivity index (χ3v) is 5.07. The van der Waals surface area contributed by atoms with Gasteiger partial charge in [0.25, 0.3) is 11.8 Å². The summed E-state index contributed by atoms with van der Waals surface area (Å²) < 4.78 is 16.6. The maximum atomic E-state index is 12.4. The Kier molecular flexibility index (Phi) is 7.67. The Labute approximate surface area is 190 Å². The molecule has 32 heavy (non-hydrogen) atoms. The lowest BCUT2D eigenvalue weighted by molar-refractivity contribution is 0.0846. The summed E-state index contributed by atoms with van der Waals surface area (Å²) in [6, 6.07) is 11.4. The second-order valence-electron chi connectivity index (χ2n) is 7.11. The standard InChI is InChI=1S/C23H25N3O5S/c1-14(2)31-20-10-7-17(11-21(20)29-4)23(28)26-25-22(27)16-5-8-19(9-6-16)30-12-18-13-32-15(3)24-18/h5-11,13-14H,12H2,1-4H3,(H,25,27)(H,26,28). The Morgan fingerprint density at radius 1 is 1.00 bits per heavy atom. The van der Waals surface area contributed by atoms with E-state index in [0.29, 0.717) is 35.0 Å². The molecule has 0 aliphatic heterocycles. The summed E-state index contributed by atoms with van der Waals surface area (Å²) in [6.07, 6.45) is -0.0313. The van der Waals surface area contributed by atoms with Crippen LogP contribution >= 0.6 is 11.3 Å². The van der Waals surface area contributed by atoms with Gasteiger partial charge in [0.1, 0.15) is 12.4 Å². The Balaban J connectivity index is 1.54. The number of thiazole rings is 1. The van der Waals surface area contributed by atoms with E-state index >= 15 is 0 Å². The van der Waals surface area contributed by atoms with Gasteiger partial charge in [-0.25, -0.2) is 4.98 Å². The molecule has 3 aromatic rings. The van der Waals surface area contributed by atoms with E-state index in [2.05, 4.69) is 15.8 Å². The first-order valence-electron chi connectivity index (χ1n) is 9.95. The molecule has 0 unspecified atom stereocenters. The number of aryl methyl sites for hydroxylation is 1. The highest BCUT2D eigenvalue weighted by Gasteiger charge is 2.13. The van der Waals surface area contributed by atoms with Gasteiger partial charge in [-0.05, 0) is 63.2 Å². The number of methoxy groups -OCH3 is 1. The van der Waals surface area contributed by atoms with Gasteiger partial charge in [-0.1, -0.05) is 0 Å². The molecule has 1 aromatic heterocycles. The van der Waals surface area contributed by atoms with Gasteiger partial charge in [0.15, 0.2) is 11.5 Å². The Morgan fingerprint density at radius 3 is 2.25 bits per heavy atom. The second-order valence-corrected chi connectivity index (χ2v) is 8.17. The number of nitrogens with zero attached hydrogens (tertiary/aromatic N) is 1. The quantitative estimate of drug-likeness (QED) is 0.500. The van der Waals surface area contributed by atoms with Crippen molar-refractivity contribution in [3.05, 3.63) is 69.7 Å². The van der Waals surface area contributed by atoms with Crippen LogP contribution in [0.5, 0.6) is 17.2 Å². The molecule has 0 saturated carbocycles. The molecular weight excluding hydrogens is 430 g/mol. The lowest BCUT2D eigenvalue weighted by Gasteiger charge is -2.14. The monoisotopic (exact) mass is 455 g/mol. The third kappa shape index (κ3) is 6.21. The molecule has 0 bridgehead atoms. The van der Waals surface area contributed by atoms with E-state index in [1.54, 1.807) is 53.8 Å². The molecule has 8 nitrogen and oxygen atoms in total. The van der Waals surface area contributed by atoms with E-state index in [9.17, 15) is 9.59 Å². The lowest BCUT2D eigenvalue weighted by Crippen LogP contribution is -2.41. The van der Waals surface area contributed by atoms with Crippen LogP contribution in [0.3, 0.4) is 0 Å². The Hall–Kier alpha value is -3.59. The average Bonchev–Trinajstić information content (AvgIpc) is 3.21. The minimum absolute atomic E-state index is 0.0313. The Morgan fingerprint density at radius 2 is 1.66 bits per heavy atom. The van der Waals surface area contributed by atoms with Crippen LogP contribution in [0.2, 0.25) is 0 Å². The summed E-state index contributed by atoms with van der Waals surface area (Å²) in [5, 5.41) is 2.93. The highest BCUT2D eigenvalue weighted by molar-refractivity contribution is 7.09. The second kappa shape index (κ2) is 10.6. The molecule has 3 rings (SSSR count). The fraction of sp³-hybridized carbons (Fsp3) is 0.261. The van der Waals surface area contributed by atoms with Crippen molar-refractivity contribution in [3.8, 4) is 17.2 Å². The van der Waals surface area contributed by atoms with Crippen LogP contribution in [0.15, 0.2) is 47.8 Å². The molecule has 2 N–H and O–H groups in total. The van der Waals surface area contributed by atoms with E-state index in [-0.39, 0.29) is 6.10 Å². The number of amides is 2. The van der Waals surface area contributed by atoms with Crippen LogP contribution in [0, 0.1) is 6.92 Å². The van der Waals surface area contributed by atoms with Crippen molar-refractivity contribution in [2.75, 3.05) is 7.11 Å². The van der Waals surface area contributed by atoms with Crippen LogP contribution in [-0.2, 0) is 6.61 Å². The molecule has 0 fully saturated rings. The largest absolute Gasteiger partial charge is 0.493 e. The fourth-order valence-corrected chi connectivity index (χ4v) is 3.35. The number of hydrogen-bond donors (Lipinski definition) is 2. The zero-order chi connectivity index (χ0) is 23.1. The van der Waals surface area contributed by atoms with Gasteiger partial charge in [0.2, 0.25) is 0 Å². The molecule has 0 atom stereocenters. The maximum absolute atomic E-state index is 12.4. The van der Waals surface area contributed by atoms with Crippen LogP contribution in [0.1, 0.15) is 45.3 Å². The van der Waals surface area contributed by atoms with Crippen molar-refractivity contribution in [3.63, 3.8) is 0 Å². The normalized spacial score (nSPS) is 10.5. The number of carbonyl (C=O) groups excluding carboxylic acids is 2. The van der Waals surface area contributed by atoms with Crippen LogP contribution in [0.25, 0.3) is 0 Å². The SMILES string of the molecule is COc1cc(C(=O)NNC(=O)c2ccc(OCc3csc(C)n3)cc2)ccc1OC(C)C. The predicted molar refractivity (Wildman–Crippen MR) is 121 cm³/mol. The number of hydrogen-bond acceptors (Lipinski definition) is 7. The first kappa shape index (κ1) is 23.1. The molecule has 0 aliphatic carbocycles. The smallest absolute Gasteiger partial charge is 0.269 e. The highest BCUT2D eigenvalue weighted by Crippen LogP contribution is 2.28. The molecule has 0 spiro atoms. The number of hydrazine groups is 1. The van der Waals surface area contributed by atoms with Gasteiger partial charge < -0.3 is 14.2 Å². The van der Waals surface area contributed by atoms with Crippen LogP contribution in [-0.4, -0.2) is 30.0 Å². The average molecular weight is 456 g/mol. The molecule has 1 heterocycles. The summed E-state index contributed by atoms with van der Waals surface area (Å²) in [6.45, 7) is 6.09. The van der Waals surface area contributed by atoms with Gasteiger partial charge in [-0.3, -0.25) is 20.4 Å². The topological polar surface area (TPSA) is 98.8 Å². The summed E-state index contributed by atoms with van der Waals surface area (Å²) >= 11 is 1.57. The van der Waals surface area contributed by atoms with Gasteiger partial charge in [-0.2, -0.15) is 0 Å². The third-order valence-electron chi connectivity index (χ3n) is 4.25. The summed E-state index contributed by atoms with van der Waals surface area (Å²) in [5.74, 6) is 0.654. The first-order valence-corrected chi connectivity index (χ1v) is 10.8. The predicted octanol–water partition coefficient (Wildman–Crippen LogP) is 3.90. The van der Waals surface area contributed by atoms with Crippen molar-refractivity contribution in [1.29, 1.82) is 0 Å². The van der Waals surface area contributed by atoms with Gasteiger partial charge >= 0.3 is 0 Å². The number of aromatic nitrogens is 1. The zero-order valence-electron chi connectivity index (χ0n) is 18.3. The molecule has 2 amide bonds. The van der Waals surface area contributed by atoms with Crippen molar-refractivity contribution in [2.24, 2.45) is 0 Å². The van der Waals surface area contributed by atoms with E-state index < -0.39 is 11.8 Å². The number of nitrogens with one attached hydrogen (secondary N) is 2. The number of ether oxygens (including phenoxy) is 3. The molecule has 2 aromatic carbocycles. The minimum atomic E-state index is -0.480. The minimum Gasteiger partial charge on any atom is -0.493 e. The Bertz CT molecular complexity index is 1080. The molecule has 0 saturated heterocycles. The van der Waals surface area contributed by atoms with Crippen molar-refractivity contribution in [1.82, 2.24) is 15.8 Å². The summed E-state index contributed by atoms with van der Waals surface area (Å²) in [4.78, 5) is 29.1. The lowest BCUT2D eigenvalue weighted by atomic mass is 10.2. The number of carbonyl (C=O) groups is 2. The molecule has 9 heteroatoms. The van der Waals surface area contributed by atoms with E-state index in [0.717, 1.165) is 10.7 Å². The van der Waals surface area contributed by atoms with Crippen LogP contribution in [0.4, 0.5) is 0 Å². The van der Waals surface area contributed by atoms with Gasteiger partial charge in [-0.15, -0.1) is 11.3 Å². The number of rotatable bonds is 8. The van der Waals surface area contributed by atoms with Crippen molar-refractivity contribution in [2.45, 2.75) is 33.5 Å². The van der Waals surface area contributed by atoms with E-state index in [1.807, 2.05) is 26.2 Å². The highest BCUT2D eigenvalue weighted by atomic mass is 32.1. The number of benzene rings is 2. The molecule has 0 aliphatic rings. The van der Waals surface area contributed by atoms with E-state index in [4.69, 9.17) is 14.2 Å². The van der Waals surface area contributed by atoms with Gasteiger partial charge in [0.05, 0.1) is 23.9 Å². The van der Waals surface area contributed by atoms with Crippen molar-refractivity contribution >= 4 is 23.2 Å². The summed E-state index contributed by atoms with van der Waals surface area (Å²) in [5.41, 5.74) is 6.35. The summed E-state index contributed by atoms with van der Waals surface area (Å²) in [7, 11) is 1.50. The van der Waals surface area contributed by atoms with Gasteiger partial charge in [0, 0.05) is 16.5 Å².